The van der Waals surface area contributed by atoms with Crippen LogP contribution in [0, 0.1) is 5.92 Å². The van der Waals surface area contributed by atoms with E-state index in [2.05, 4.69) is 33.9 Å². The van der Waals surface area contributed by atoms with Gasteiger partial charge in [0.05, 0.1) is 5.69 Å². The Hall–Kier alpha value is -3.00. The minimum absolute atomic E-state index is 0.112. The van der Waals surface area contributed by atoms with E-state index >= 15 is 0 Å². The third-order valence-corrected chi connectivity index (χ3v) is 7.31. The first-order valence-corrected chi connectivity index (χ1v) is 12.0. The van der Waals surface area contributed by atoms with Crippen LogP contribution in [0.15, 0.2) is 30.5 Å². The van der Waals surface area contributed by atoms with Gasteiger partial charge in [-0.1, -0.05) is 25.0 Å². The van der Waals surface area contributed by atoms with Crippen molar-refractivity contribution in [2.45, 2.75) is 70.1 Å². The highest BCUT2D eigenvalue weighted by Gasteiger charge is 2.39. The Morgan fingerprint density at radius 1 is 1.12 bits per heavy atom. The van der Waals surface area contributed by atoms with Crippen LogP contribution < -0.4 is 10.6 Å². The van der Waals surface area contributed by atoms with Gasteiger partial charge < -0.3 is 10.2 Å². The van der Waals surface area contributed by atoms with Crippen LogP contribution in [0.25, 0.3) is 0 Å². The van der Waals surface area contributed by atoms with Gasteiger partial charge in [0, 0.05) is 44.4 Å². The van der Waals surface area contributed by atoms with Crippen LogP contribution in [0.2, 0.25) is 0 Å². The van der Waals surface area contributed by atoms with E-state index in [1.165, 1.54) is 31.2 Å². The fourth-order valence-electron chi connectivity index (χ4n) is 5.57. The predicted molar refractivity (Wildman–Crippen MR) is 122 cm³/mol. The Morgan fingerprint density at radius 3 is 2.76 bits per heavy atom. The number of hydrogen-bond acceptors (Lipinski definition) is 5. The highest BCUT2D eigenvalue weighted by Crippen LogP contribution is 2.31. The van der Waals surface area contributed by atoms with Gasteiger partial charge in [-0.15, -0.1) is 0 Å². The molecule has 1 aromatic heterocycles. The zero-order chi connectivity index (χ0) is 22.9. The van der Waals surface area contributed by atoms with Crippen LogP contribution in [0.1, 0.15) is 65.7 Å². The Morgan fingerprint density at radius 2 is 1.97 bits per heavy atom. The summed E-state index contributed by atoms with van der Waals surface area (Å²) in [7, 11) is 1.94. The monoisotopic (exact) mass is 449 g/mol. The summed E-state index contributed by atoms with van der Waals surface area (Å²) in [5, 5.41) is 10.6. The van der Waals surface area contributed by atoms with Gasteiger partial charge in [0.2, 0.25) is 11.8 Å². The summed E-state index contributed by atoms with van der Waals surface area (Å²) in [5.41, 5.74) is 3.96. The summed E-state index contributed by atoms with van der Waals surface area (Å²) >= 11 is 0. The van der Waals surface area contributed by atoms with Crippen molar-refractivity contribution in [3.63, 3.8) is 0 Å². The lowest BCUT2D eigenvalue weighted by molar-refractivity contribution is -0.136. The van der Waals surface area contributed by atoms with E-state index in [0.29, 0.717) is 30.5 Å². The molecule has 2 N–H and O–H groups in total. The molecule has 1 aromatic carbocycles. The van der Waals surface area contributed by atoms with Gasteiger partial charge in [0.1, 0.15) is 6.04 Å². The van der Waals surface area contributed by atoms with E-state index in [9.17, 15) is 14.4 Å². The van der Waals surface area contributed by atoms with E-state index in [1.807, 2.05) is 24.0 Å². The number of imide groups is 1. The number of aromatic nitrogens is 2. The standard InChI is InChI=1S/C25H31N5O3/c1-29-11-10-19(28-29)14-26-21-5-3-2-4-17(21)12-16-6-7-20-18(13-16)15-30(25(20)33)22-8-9-23(31)27-24(22)32/h6-7,10-11,13,17,21-22,26H,2-5,8-9,12,14-15H2,1H3,(H,27,31,32)/t17-,21+,22?/m1/s1. The lowest BCUT2D eigenvalue weighted by Crippen LogP contribution is -2.52. The molecule has 0 bridgehead atoms. The molecule has 1 aliphatic carbocycles. The molecule has 5 rings (SSSR count). The fourth-order valence-corrected chi connectivity index (χ4v) is 5.57. The number of amides is 3. The number of rotatable bonds is 6. The molecule has 0 radical (unpaired) electrons. The van der Waals surface area contributed by atoms with E-state index < -0.39 is 6.04 Å². The Labute approximate surface area is 193 Å². The Kier molecular flexibility index (Phi) is 6.01. The van der Waals surface area contributed by atoms with Crippen molar-refractivity contribution in [3.05, 3.63) is 52.8 Å². The Bertz CT molecular complexity index is 1080. The van der Waals surface area contributed by atoms with Gasteiger partial charge in [-0.25, -0.2) is 0 Å². The van der Waals surface area contributed by atoms with Crippen molar-refractivity contribution in [3.8, 4) is 0 Å². The van der Waals surface area contributed by atoms with Crippen molar-refractivity contribution in [2.75, 3.05) is 0 Å². The van der Waals surface area contributed by atoms with Crippen LogP contribution >= 0.6 is 0 Å². The van der Waals surface area contributed by atoms with Gasteiger partial charge in [0.25, 0.3) is 5.91 Å². The van der Waals surface area contributed by atoms with Crippen molar-refractivity contribution in [2.24, 2.45) is 13.0 Å². The molecule has 2 fully saturated rings. The summed E-state index contributed by atoms with van der Waals surface area (Å²) in [6.07, 6.45) is 8.47. The van der Waals surface area contributed by atoms with E-state index in [1.54, 1.807) is 4.90 Å². The SMILES string of the molecule is Cn1ccc(CN[C@H]2CCCC[C@@H]2Cc2ccc3c(c2)CN(C2CCC(=O)NC2=O)C3=O)n1. The summed E-state index contributed by atoms with van der Waals surface area (Å²) in [6, 6.07) is 8.06. The number of piperidine rings is 1. The third-order valence-electron chi connectivity index (χ3n) is 7.31. The summed E-state index contributed by atoms with van der Waals surface area (Å²) in [4.78, 5) is 38.3. The van der Waals surface area contributed by atoms with Crippen LogP contribution in [-0.4, -0.2) is 44.5 Å². The molecule has 1 saturated carbocycles. The maximum atomic E-state index is 12.9. The topological polar surface area (TPSA) is 96.3 Å². The minimum atomic E-state index is -0.565. The molecular formula is C25H31N5O3. The van der Waals surface area contributed by atoms with Crippen LogP contribution in [-0.2, 0) is 36.1 Å². The van der Waals surface area contributed by atoms with Gasteiger partial charge >= 0.3 is 0 Å². The van der Waals surface area contributed by atoms with Crippen molar-refractivity contribution in [1.82, 2.24) is 25.3 Å². The van der Waals surface area contributed by atoms with Crippen LogP contribution in [0.5, 0.6) is 0 Å². The van der Waals surface area contributed by atoms with Gasteiger partial charge in [-0.2, -0.15) is 5.10 Å². The van der Waals surface area contributed by atoms with Gasteiger partial charge in [0.15, 0.2) is 0 Å². The average molecular weight is 450 g/mol. The number of benzene rings is 1. The second-order valence-electron chi connectivity index (χ2n) is 9.61. The lowest BCUT2D eigenvalue weighted by atomic mass is 9.80. The molecular weight excluding hydrogens is 418 g/mol. The van der Waals surface area contributed by atoms with E-state index in [-0.39, 0.29) is 24.1 Å². The first-order valence-electron chi connectivity index (χ1n) is 12.0. The summed E-state index contributed by atoms with van der Waals surface area (Å²) in [5.74, 6) is -0.194. The number of aryl methyl sites for hydroxylation is 1. The molecule has 8 heteroatoms. The van der Waals surface area contributed by atoms with E-state index in [4.69, 9.17) is 0 Å². The molecule has 2 aliphatic heterocycles. The molecule has 3 amide bonds. The second kappa shape index (κ2) is 9.09. The highest BCUT2D eigenvalue weighted by atomic mass is 16.2. The summed E-state index contributed by atoms with van der Waals surface area (Å²) < 4.78 is 1.83. The molecule has 2 aromatic rings. The minimum Gasteiger partial charge on any atom is -0.322 e. The quantitative estimate of drug-likeness (QED) is 0.659. The number of hydrogen-bond donors (Lipinski definition) is 2. The predicted octanol–water partition coefficient (Wildman–Crippen LogP) is 2.07. The normalized spacial score (nSPS) is 25.3. The maximum absolute atomic E-state index is 12.9. The van der Waals surface area contributed by atoms with Gasteiger partial charge in [-0.3, -0.25) is 24.4 Å². The van der Waals surface area contributed by atoms with Crippen LogP contribution in [0.3, 0.4) is 0 Å². The highest BCUT2D eigenvalue weighted by molar-refractivity contribution is 6.05. The average Bonchev–Trinajstić information content (AvgIpc) is 3.36. The molecule has 0 spiro atoms. The third kappa shape index (κ3) is 4.57. The number of nitrogens with one attached hydrogen (secondary N) is 2. The molecule has 3 heterocycles. The molecule has 1 saturated heterocycles. The zero-order valence-electron chi connectivity index (χ0n) is 19.0. The van der Waals surface area contributed by atoms with Crippen LogP contribution in [0.4, 0.5) is 0 Å². The first-order chi connectivity index (χ1) is 16.0. The second-order valence-corrected chi connectivity index (χ2v) is 9.61. The molecule has 3 aliphatic rings. The Balaban J connectivity index is 1.25. The van der Waals surface area contributed by atoms with Crippen molar-refractivity contribution >= 4 is 17.7 Å². The molecule has 8 nitrogen and oxygen atoms in total. The fraction of sp³-hybridized carbons (Fsp3) is 0.520. The number of carbonyl (C=O) groups is 3. The number of nitrogens with zero attached hydrogens (tertiary/aromatic N) is 3. The van der Waals surface area contributed by atoms with Crippen molar-refractivity contribution in [1.29, 1.82) is 0 Å². The first kappa shape index (κ1) is 21.8. The molecule has 174 valence electrons. The molecule has 33 heavy (non-hydrogen) atoms. The summed E-state index contributed by atoms with van der Waals surface area (Å²) in [6.45, 7) is 1.21. The maximum Gasteiger partial charge on any atom is 0.255 e. The largest absolute Gasteiger partial charge is 0.322 e. The van der Waals surface area contributed by atoms with E-state index in [0.717, 1.165) is 24.2 Å². The molecule has 1 unspecified atom stereocenters. The molecule has 3 atom stereocenters. The number of fused-ring (bicyclic) bond motifs is 1. The van der Waals surface area contributed by atoms with Gasteiger partial charge in [-0.05, 0) is 54.9 Å². The number of carbonyl (C=O) groups excluding carboxylic acids is 3. The smallest absolute Gasteiger partial charge is 0.255 e. The van der Waals surface area contributed by atoms with Crippen molar-refractivity contribution < 1.29 is 14.4 Å². The lowest BCUT2D eigenvalue weighted by Gasteiger charge is -2.32. The zero-order valence-corrected chi connectivity index (χ0v) is 19.0.